The quantitative estimate of drug-likeness (QED) is 0.346. The topological polar surface area (TPSA) is 56.7 Å². The van der Waals surface area contributed by atoms with Gasteiger partial charge in [-0.2, -0.15) is 0 Å². The number of allylic oxidation sites excluding steroid dienone is 1. The van der Waals surface area contributed by atoms with Crippen molar-refractivity contribution in [1.29, 1.82) is 0 Å². The molecule has 5 heteroatoms. The van der Waals surface area contributed by atoms with E-state index in [-0.39, 0.29) is 5.91 Å². The van der Waals surface area contributed by atoms with Crippen LogP contribution in [-0.2, 0) is 4.79 Å². The minimum atomic E-state index is 0.150. The summed E-state index contributed by atoms with van der Waals surface area (Å²) in [6, 6.07) is 0. The Bertz CT molecular complexity index is 344. The van der Waals surface area contributed by atoms with Crippen LogP contribution in [0.25, 0.3) is 0 Å². The Morgan fingerprint density at radius 3 is 2.65 bits per heavy atom. The molecule has 0 spiro atoms. The standard InChI is InChI=1S/C15H28N4O/c1-4-5-6-9-18-15(17-3)19-10-7-13(8-11-19)12-14(20)16-2/h4-5,13H,6-12H2,1-3H3,(H,16,20)(H,17,18)/b5-4+. The summed E-state index contributed by atoms with van der Waals surface area (Å²) in [5.41, 5.74) is 0. The summed E-state index contributed by atoms with van der Waals surface area (Å²) < 4.78 is 0. The first-order valence-electron chi connectivity index (χ1n) is 7.48. The number of likely N-dealkylation sites (tertiary alicyclic amines) is 1. The lowest BCUT2D eigenvalue weighted by Gasteiger charge is -2.34. The van der Waals surface area contributed by atoms with Crippen molar-refractivity contribution in [3.63, 3.8) is 0 Å². The summed E-state index contributed by atoms with van der Waals surface area (Å²) in [4.78, 5) is 18.0. The van der Waals surface area contributed by atoms with E-state index in [1.54, 1.807) is 7.05 Å². The largest absolute Gasteiger partial charge is 0.359 e. The maximum Gasteiger partial charge on any atom is 0.220 e. The molecule has 2 N–H and O–H groups in total. The lowest BCUT2D eigenvalue weighted by atomic mass is 9.93. The average Bonchev–Trinajstić information content (AvgIpc) is 2.48. The molecule has 0 unspecified atom stereocenters. The maximum absolute atomic E-state index is 11.4. The van der Waals surface area contributed by atoms with Crippen molar-refractivity contribution in [2.45, 2.75) is 32.6 Å². The molecule has 0 radical (unpaired) electrons. The van der Waals surface area contributed by atoms with E-state index in [1.165, 1.54) is 0 Å². The third-order valence-electron chi connectivity index (χ3n) is 3.71. The van der Waals surface area contributed by atoms with E-state index >= 15 is 0 Å². The average molecular weight is 280 g/mol. The minimum Gasteiger partial charge on any atom is -0.359 e. The normalized spacial score (nSPS) is 17.6. The molecule has 20 heavy (non-hydrogen) atoms. The first kappa shape index (κ1) is 16.5. The van der Waals surface area contributed by atoms with Crippen molar-refractivity contribution in [3.8, 4) is 0 Å². The fourth-order valence-electron chi connectivity index (χ4n) is 2.48. The van der Waals surface area contributed by atoms with Crippen LogP contribution < -0.4 is 10.6 Å². The van der Waals surface area contributed by atoms with E-state index in [0.717, 1.165) is 44.9 Å². The van der Waals surface area contributed by atoms with Gasteiger partial charge in [0.05, 0.1) is 0 Å². The van der Waals surface area contributed by atoms with Gasteiger partial charge in [-0.15, -0.1) is 0 Å². The molecule has 0 aromatic carbocycles. The molecule has 0 aromatic rings. The number of piperidine rings is 1. The second kappa shape index (κ2) is 9.39. The fraction of sp³-hybridized carbons (Fsp3) is 0.733. The van der Waals surface area contributed by atoms with E-state index in [4.69, 9.17) is 0 Å². The van der Waals surface area contributed by atoms with Crippen molar-refractivity contribution in [3.05, 3.63) is 12.2 Å². The van der Waals surface area contributed by atoms with Gasteiger partial charge in [0, 0.05) is 40.2 Å². The smallest absolute Gasteiger partial charge is 0.220 e. The monoisotopic (exact) mass is 280 g/mol. The second-order valence-electron chi connectivity index (χ2n) is 5.14. The van der Waals surface area contributed by atoms with Gasteiger partial charge in [0.1, 0.15) is 0 Å². The first-order chi connectivity index (χ1) is 9.71. The highest BCUT2D eigenvalue weighted by molar-refractivity contribution is 5.80. The molecule has 0 aliphatic carbocycles. The van der Waals surface area contributed by atoms with E-state index in [9.17, 15) is 4.79 Å². The Labute approximate surface area is 122 Å². The molecule has 1 amide bonds. The van der Waals surface area contributed by atoms with Crippen LogP contribution in [0.15, 0.2) is 17.1 Å². The number of carbonyl (C=O) groups is 1. The zero-order valence-electron chi connectivity index (χ0n) is 13.0. The number of hydrogen-bond donors (Lipinski definition) is 2. The van der Waals surface area contributed by atoms with Gasteiger partial charge in [0.15, 0.2) is 5.96 Å². The van der Waals surface area contributed by atoms with Crippen molar-refractivity contribution >= 4 is 11.9 Å². The summed E-state index contributed by atoms with van der Waals surface area (Å²) in [5.74, 6) is 1.64. The predicted octanol–water partition coefficient (Wildman–Crippen LogP) is 1.38. The molecule has 0 atom stereocenters. The van der Waals surface area contributed by atoms with Gasteiger partial charge in [-0.3, -0.25) is 9.79 Å². The molecule has 1 fully saturated rings. The summed E-state index contributed by atoms with van der Waals surface area (Å²) >= 11 is 0. The Morgan fingerprint density at radius 1 is 1.40 bits per heavy atom. The summed E-state index contributed by atoms with van der Waals surface area (Å²) in [6.45, 7) is 4.90. The number of aliphatic imine (C=N–C) groups is 1. The second-order valence-corrected chi connectivity index (χ2v) is 5.14. The molecule has 1 heterocycles. The van der Waals surface area contributed by atoms with Crippen molar-refractivity contribution in [2.75, 3.05) is 33.7 Å². The van der Waals surface area contributed by atoms with Crippen LogP contribution in [0.2, 0.25) is 0 Å². The summed E-state index contributed by atoms with van der Waals surface area (Å²) in [5, 5.41) is 6.09. The molecular formula is C15H28N4O. The minimum absolute atomic E-state index is 0.150. The number of guanidine groups is 1. The van der Waals surface area contributed by atoms with Gasteiger partial charge in [0.2, 0.25) is 5.91 Å². The zero-order valence-corrected chi connectivity index (χ0v) is 13.0. The van der Waals surface area contributed by atoms with E-state index in [2.05, 4.69) is 32.7 Å². The van der Waals surface area contributed by atoms with Crippen LogP contribution in [0, 0.1) is 5.92 Å². The number of nitrogens with one attached hydrogen (secondary N) is 2. The number of rotatable bonds is 5. The maximum atomic E-state index is 11.4. The molecule has 0 bridgehead atoms. The van der Waals surface area contributed by atoms with E-state index < -0.39 is 0 Å². The number of amides is 1. The van der Waals surface area contributed by atoms with E-state index in [0.29, 0.717) is 12.3 Å². The number of hydrogen-bond acceptors (Lipinski definition) is 2. The van der Waals surface area contributed by atoms with Crippen LogP contribution in [0.5, 0.6) is 0 Å². The SMILES string of the molecule is C/C=C/CCNC(=NC)N1CCC(CC(=O)NC)CC1. The zero-order chi connectivity index (χ0) is 14.8. The van der Waals surface area contributed by atoms with Crippen molar-refractivity contribution in [1.82, 2.24) is 15.5 Å². The van der Waals surface area contributed by atoms with Crippen molar-refractivity contribution < 1.29 is 4.79 Å². The molecular weight excluding hydrogens is 252 g/mol. The van der Waals surface area contributed by atoms with Crippen LogP contribution in [0.3, 0.4) is 0 Å². The molecule has 0 saturated carbocycles. The Hall–Kier alpha value is -1.52. The molecule has 1 aliphatic rings. The van der Waals surface area contributed by atoms with Crippen molar-refractivity contribution in [2.24, 2.45) is 10.9 Å². The summed E-state index contributed by atoms with van der Waals surface area (Å²) in [7, 11) is 3.53. The van der Waals surface area contributed by atoms with Gasteiger partial charge in [0.25, 0.3) is 0 Å². The Morgan fingerprint density at radius 2 is 2.10 bits per heavy atom. The van der Waals surface area contributed by atoms with Crippen LogP contribution in [-0.4, -0.2) is 50.5 Å². The Balaban J connectivity index is 2.33. The third-order valence-corrected chi connectivity index (χ3v) is 3.71. The van der Waals surface area contributed by atoms with Crippen LogP contribution >= 0.6 is 0 Å². The third kappa shape index (κ3) is 5.63. The fourth-order valence-corrected chi connectivity index (χ4v) is 2.48. The van der Waals surface area contributed by atoms with Crippen LogP contribution in [0.1, 0.15) is 32.6 Å². The van der Waals surface area contributed by atoms with E-state index in [1.807, 2.05) is 14.0 Å². The molecule has 5 nitrogen and oxygen atoms in total. The highest BCUT2D eigenvalue weighted by Gasteiger charge is 2.22. The first-order valence-corrected chi connectivity index (χ1v) is 7.48. The Kier molecular flexibility index (Phi) is 7.77. The molecule has 0 aromatic heterocycles. The molecule has 1 aliphatic heterocycles. The number of nitrogens with zero attached hydrogens (tertiary/aromatic N) is 2. The predicted molar refractivity (Wildman–Crippen MR) is 83.8 cm³/mol. The number of carbonyl (C=O) groups excluding carboxylic acids is 1. The molecule has 1 saturated heterocycles. The van der Waals surface area contributed by atoms with Gasteiger partial charge >= 0.3 is 0 Å². The lowest BCUT2D eigenvalue weighted by Crippen LogP contribution is -2.46. The highest BCUT2D eigenvalue weighted by atomic mass is 16.1. The lowest BCUT2D eigenvalue weighted by molar-refractivity contribution is -0.121. The van der Waals surface area contributed by atoms with Gasteiger partial charge in [-0.05, 0) is 32.1 Å². The summed E-state index contributed by atoms with van der Waals surface area (Å²) in [6.07, 6.45) is 8.00. The van der Waals surface area contributed by atoms with Gasteiger partial charge in [-0.1, -0.05) is 12.2 Å². The molecule has 1 rings (SSSR count). The van der Waals surface area contributed by atoms with Gasteiger partial charge in [-0.25, -0.2) is 0 Å². The van der Waals surface area contributed by atoms with Gasteiger partial charge < -0.3 is 15.5 Å². The van der Waals surface area contributed by atoms with Crippen LogP contribution in [0.4, 0.5) is 0 Å². The highest BCUT2D eigenvalue weighted by Crippen LogP contribution is 2.20. The molecule has 114 valence electrons.